The Labute approximate surface area is 154 Å². The molecule has 0 aromatic heterocycles. The molecule has 1 atom stereocenters. The van der Waals surface area contributed by atoms with E-state index >= 15 is 0 Å². The molecule has 26 heavy (non-hydrogen) atoms. The van der Waals surface area contributed by atoms with Crippen LogP contribution in [0.4, 0.5) is 4.39 Å². The molecule has 0 aliphatic carbocycles. The van der Waals surface area contributed by atoms with E-state index in [0.29, 0.717) is 12.5 Å². The van der Waals surface area contributed by atoms with E-state index < -0.39 is 0 Å². The lowest BCUT2D eigenvalue weighted by atomic mass is 9.98. The molecule has 1 saturated heterocycles. The van der Waals surface area contributed by atoms with Crippen molar-refractivity contribution in [1.82, 2.24) is 4.90 Å². The molecular weight excluding hydrogens is 329 g/mol. The van der Waals surface area contributed by atoms with Gasteiger partial charge in [0.25, 0.3) is 0 Å². The van der Waals surface area contributed by atoms with Gasteiger partial charge in [0.1, 0.15) is 5.82 Å². The topological polar surface area (TPSA) is 29.5 Å². The zero-order valence-electron chi connectivity index (χ0n) is 14.8. The maximum atomic E-state index is 13.3. The summed E-state index contributed by atoms with van der Waals surface area (Å²) in [6, 6.07) is 16.4. The lowest BCUT2D eigenvalue weighted by molar-refractivity contribution is -0.139. The Bertz CT molecular complexity index is 745. The van der Waals surface area contributed by atoms with Crippen molar-refractivity contribution in [3.05, 3.63) is 77.6 Å². The molecule has 0 N–H and O–H groups in total. The average Bonchev–Trinajstić information content (AvgIpc) is 2.66. The Hall–Kier alpha value is -2.46. The molecule has 4 heteroatoms. The average molecular weight is 353 g/mol. The van der Waals surface area contributed by atoms with Crippen molar-refractivity contribution in [3.8, 4) is 0 Å². The fourth-order valence-electron chi connectivity index (χ4n) is 3.30. The van der Waals surface area contributed by atoms with Crippen molar-refractivity contribution in [3.63, 3.8) is 0 Å². The van der Waals surface area contributed by atoms with Crippen molar-refractivity contribution in [2.24, 2.45) is 5.92 Å². The third-order valence-corrected chi connectivity index (χ3v) is 4.57. The Kier molecular flexibility index (Phi) is 6.56. The summed E-state index contributed by atoms with van der Waals surface area (Å²) in [5, 5.41) is 0. The standard InChI is InChI=1S/C22H24FNO2/c23-21-10-4-8-19(14-21)15-24-13-5-9-20(16-24)17-26-22(25)12-11-18-6-2-1-3-7-18/h1-4,6-8,10-12,14,20H,5,9,13,15-17H2/b12-11+. The van der Waals surface area contributed by atoms with Crippen LogP contribution in [-0.4, -0.2) is 30.6 Å². The zero-order chi connectivity index (χ0) is 18.2. The van der Waals surface area contributed by atoms with Gasteiger partial charge in [0.05, 0.1) is 6.61 Å². The van der Waals surface area contributed by atoms with Crippen molar-refractivity contribution in [2.75, 3.05) is 19.7 Å². The van der Waals surface area contributed by atoms with Crippen LogP contribution in [0.15, 0.2) is 60.7 Å². The Balaban J connectivity index is 1.44. The molecule has 1 heterocycles. The maximum absolute atomic E-state index is 13.3. The molecule has 1 unspecified atom stereocenters. The van der Waals surface area contributed by atoms with Crippen LogP contribution in [0, 0.1) is 11.7 Å². The summed E-state index contributed by atoms with van der Waals surface area (Å²) in [6.07, 6.45) is 5.36. The van der Waals surface area contributed by atoms with Gasteiger partial charge >= 0.3 is 5.97 Å². The Morgan fingerprint density at radius 3 is 2.85 bits per heavy atom. The molecule has 136 valence electrons. The first-order valence-corrected chi connectivity index (χ1v) is 9.06. The van der Waals surface area contributed by atoms with Gasteiger partial charge in [-0.2, -0.15) is 0 Å². The van der Waals surface area contributed by atoms with Gasteiger partial charge in [-0.15, -0.1) is 0 Å². The molecule has 0 bridgehead atoms. The van der Waals surface area contributed by atoms with Gasteiger partial charge in [-0.3, -0.25) is 4.90 Å². The predicted octanol–water partition coefficient (Wildman–Crippen LogP) is 4.29. The predicted molar refractivity (Wildman–Crippen MR) is 101 cm³/mol. The van der Waals surface area contributed by atoms with Crippen molar-refractivity contribution in [2.45, 2.75) is 19.4 Å². The molecule has 0 saturated carbocycles. The number of likely N-dealkylation sites (tertiary alicyclic amines) is 1. The zero-order valence-corrected chi connectivity index (χ0v) is 14.8. The van der Waals surface area contributed by atoms with Gasteiger partial charge in [0, 0.05) is 25.1 Å². The molecule has 1 aliphatic rings. The number of halogens is 1. The number of ether oxygens (including phenoxy) is 1. The van der Waals surface area contributed by atoms with Gasteiger partial charge in [0.15, 0.2) is 0 Å². The number of carbonyl (C=O) groups is 1. The number of hydrogen-bond donors (Lipinski definition) is 0. The highest BCUT2D eigenvalue weighted by atomic mass is 19.1. The summed E-state index contributed by atoms with van der Waals surface area (Å²) < 4.78 is 18.7. The number of esters is 1. The largest absolute Gasteiger partial charge is 0.462 e. The number of rotatable bonds is 6. The van der Waals surface area contributed by atoms with Crippen molar-refractivity contribution < 1.29 is 13.9 Å². The highest BCUT2D eigenvalue weighted by Crippen LogP contribution is 2.19. The van der Waals surface area contributed by atoms with E-state index in [2.05, 4.69) is 4.90 Å². The second-order valence-corrected chi connectivity index (χ2v) is 6.75. The first-order valence-electron chi connectivity index (χ1n) is 9.06. The van der Waals surface area contributed by atoms with Gasteiger partial charge in [-0.05, 0) is 48.7 Å². The number of benzene rings is 2. The minimum Gasteiger partial charge on any atom is -0.462 e. The smallest absolute Gasteiger partial charge is 0.330 e. The van der Waals surface area contributed by atoms with Crippen LogP contribution in [0.25, 0.3) is 6.08 Å². The summed E-state index contributed by atoms with van der Waals surface area (Å²) >= 11 is 0. The van der Waals surface area contributed by atoms with Crippen LogP contribution in [0.5, 0.6) is 0 Å². The minimum absolute atomic E-state index is 0.199. The number of piperidine rings is 1. The van der Waals surface area contributed by atoms with Gasteiger partial charge < -0.3 is 4.74 Å². The highest BCUT2D eigenvalue weighted by Gasteiger charge is 2.21. The highest BCUT2D eigenvalue weighted by molar-refractivity contribution is 5.87. The van der Waals surface area contributed by atoms with Crippen LogP contribution in [0.2, 0.25) is 0 Å². The van der Waals surface area contributed by atoms with E-state index in [1.165, 1.54) is 12.1 Å². The van der Waals surface area contributed by atoms with Crippen LogP contribution in [0.3, 0.4) is 0 Å². The third-order valence-electron chi connectivity index (χ3n) is 4.57. The second-order valence-electron chi connectivity index (χ2n) is 6.75. The first-order chi connectivity index (χ1) is 12.7. The van der Waals surface area contributed by atoms with E-state index in [4.69, 9.17) is 4.74 Å². The molecule has 3 nitrogen and oxygen atoms in total. The number of carbonyl (C=O) groups excluding carboxylic acids is 1. The van der Waals surface area contributed by atoms with Gasteiger partial charge in [0.2, 0.25) is 0 Å². The first kappa shape index (κ1) is 18.3. The van der Waals surface area contributed by atoms with Crippen LogP contribution < -0.4 is 0 Å². The van der Waals surface area contributed by atoms with Gasteiger partial charge in [-0.1, -0.05) is 42.5 Å². The molecule has 2 aromatic rings. The summed E-state index contributed by atoms with van der Waals surface area (Å²) in [5.74, 6) is -0.183. The lowest BCUT2D eigenvalue weighted by Gasteiger charge is -2.32. The molecular formula is C22H24FNO2. The molecule has 0 amide bonds. The summed E-state index contributed by atoms with van der Waals surface area (Å²) in [6.45, 7) is 3.02. The minimum atomic E-state index is -0.309. The van der Waals surface area contributed by atoms with Crippen molar-refractivity contribution >= 4 is 12.0 Å². The monoisotopic (exact) mass is 353 g/mol. The Morgan fingerprint density at radius 2 is 2.04 bits per heavy atom. The summed E-state index contributed by atoms with van der Waals surface area (Å²) in [7, 11) is 0. The normalized spacial score (nSPS) is 18.1. The number of nitrogens with zero attached hydrogens (tertiary/aromatic N) is 1. The van der Waals surface area contributed by atoms with Crippen LogP contribution in [0.1, 0.15) is 24.0 Å². The SMILES string of the molecule is O=C(/C=C/c1ccccc1)OCC1CCCN(Cc2cccc(F)c2)C1. The van der Waals surface area contributed by atoms with Crippen LogP contribution in [-0.2, 0) is 16.1 Å². The molecule has 3 rings (SSSR count). The molecule has 0 radical (unpaired) electrons. The van der Waals surface area contributed by atoms with Crippen LogP contribution >= 0.6 is 0 Å². The van der Waals surface area contributed by atoms with Crippen molar-refractivity contribution in [1.29, 1.82) is 0 Å². The summed E-state index contributed by atoms with van der Waals surface area (Å²) in [4.78, 5) is 14.2. The Morgan fingerprint density at radius 1 is 1.19 bits per heavy atom. The molecule has 1 fully saturated rings. The van der Waals surface area contributed by atoms with Gasteiger partial charge in [-0.25, -0.2) is 9.18 Å². The third kappa shape index (κ3) is 5.81. The fraction of sp³-hybridized carbons (Fsp3) is 0.318. The molecule has 2 aromatic carbocycles. The van der Waals surface area contributed by atoms with E-state index in [9.17, 15) is 9.18 Å². The second kappa shape index (κ2) is 9.30. The quantitative estimate of drug-likeness (QED) is 0.573. The number of hydrogen-bond acceptors (Lipinski definition) is 3. The van der Waals surface area contributed by atoms with E-state index in [-0.39, 0.29) is 11.8 Å². The fourth-order valence-corrected chi connectivity index (χ4v) is 3.30. The molecule has 0 spiro atoms. The van der Waals surface area contributed by atoms with E-state index in [0.717, 1.165) is 43.6 Å². The maximum Gasteiger partial charge on any atom is 0.330 e. The van der Waals surface area contributed by atoms with E-state index in [1.807, 2.05) is 36.4 Å². The van der Waals surface area contributed by atoms with E-state index in [1.54, 1.807) is 18.2 Å². The lowest BCUT2D eigenvalue weighted by Crippen LogP contribution is -2.37. The molecule has 1 aliphatic heterocycles. The summed E-state index contributed by atoms with van der Waals surface area (Å²) in [5.41, 5.74) is 1.96.